The van der Waals surface area contributed by atoms with E-state index < -0.39 is 4.92 Å². The lowest BCUT2D eigenvalue weighted by molar-refractivity contribution is -0.384. The second-order valence-corrected chi connectivity index (χ2v) is 6.46. The highest BCUT2D eigenvalue weighted by Crippen LogP contribution is 2.31. The molecule has 0 radical (unpaired) electrons. The first-order valence-electron chi connectivity index (χ1n) is 8.60. The molecule has 0 fully saturated rings. The standard InChI is InChI=1S/C20H20N4O4/c1-12-7-5-6-8-18(12)28-17-10-15(9-16(11-17)24(26)27)21-20(25)19-13(2)22-23(4)14(19)3/h5-11H,1-4H3,(H,21,25). The molecule has 0 aliphatic heterocycles. The zero-order valence-corrected chi connectivity index (χ0v) is 16.0. The molecule has 1 aromatic heterocycles. The van der Waals surface area contributed by atoms with Gasteiger partial charge in [-0.15, -0.1) is 0 Å². The van der Waals surface area contributed by atoms with Crippen molar-refractivity contribution < 1.29 is 14.5 Å². The van der Waals surface area contributed by atoms with E-state index in [1.54, 1.807) is 37.7 Å². The van der Waals surface area contributed by atoms with E-state index in [2.05, 4.69) is 10.4 Å². The number of ether oxygens (including phenoxy) is 1. The molecule has 0 atom stereocenters. The van der Waals surface area contributed by atoms with Crippen molar-refractivity contribution in [2.75, 3.05) is 5.32 Å². The van der Waals surface area contributed by atoms with Gasteiger partial charge >= 0.3 is 0 Å². The molecule has 3 aromatic rings. The highest BCUT2D eigenvalue weighted by atomic mass is 16.6. The Labute approximate surface area is 161 Å². The van der Waals surface area contributed by atoms with E-state index in [9.17, 15) is 14.9 Å². The summed E-state index contributed by atoms with van der Waals surface area (Å²) in [6.45, 7) is 5.40. The molecule has 8 nitrogen and oxygen atoms in total. The first kappa shape index (κ1) is 19.1. The van der Waals surface area contributed by atoms with Crippen LogP contribution in [0.2, 0.25) is 0 Å². The Morgan fingerprint density at radius 3 is 2.50 bits per heavy atom. The molecular weight excluding hydrogens is 360 g/mol. The molecule has 0 saturated carbocycles. The Kier molecular flexibility index (Phi) is 5.12. The normalized spacial score (nSPS) is 10.6. The first-order chi connectivity index (χ1) is 13.3. The minimum Gasteiger partial charge on any atom is -0.457 e. The number of anilines is 1. The van der Waals surface area contributed by atoms with Crippen molar-refractivity contribution in [1.82, 2.24) is 9.78 Å². The maximum atomic E-state index is 12.7. The number of nitrogens with zero attached hydrogens (tertiary/aromatic N) is 3. The zero-order chi connectivity index (χ0) is 20.4. The molecule has 0 aliphatic carbocycles. The molecular formula is C20H20N4O4. The number of benzene rings is 2. The smallest absolute Gasteiger partial charge is 0.275 e. The number of nitro groups is 1. The molecule has 0 unspecified atom stereocenters. The quantitative estimate of drug-likeness (QED) is 0.525. The monoisotopic (exact) mass is 380 g/mol. The van der Waals surface area contributed by atoms with Gasteiger partial charge in [0.15, 0.2) is 0 Å². The van der Waals surface area contributed by atoms with E-state index in [-0.39, 0.29) is 23.0 Å². The molecule has 1 amide bonds. The fourth-order valence-corrected chi connectivity index (χ4v) is 2.91. The van der Waals surface area contributed by atoms with Gasteiger partial charge < -0.3 is 10.1 Å². The number of nitro benzene ring substituents is 1. The summed E-state index contributed by atoms with van der Waals surface area (Å²) in [7, 11) is 1.75. The van der Waals surface area contributed by atoms with Crippen molar-refractivity contribution in [3.05, 3.63) is 75.1 Å². The fourth-order valence-electron chi connectivity index (χ4n) is 2.91. The summed E-state index contributed by atoms with van der Waals surface area (Å²) >= 11 is 0. The Bertz CT molecular complexity index is 1070. The van der Waals surface area contributed by atoms with Crippen LogP contribution < -0.4 is 10.1 Å². The highest BCUT2D eigenvalue weighted by molar-refractivity contribution is 6.06. The summed E-state index contributed by atoms with van der Waals surface area (Å²) in [5.74, 6) is 0.461. The van der Waals surface area contributed by atoms with Gasteiger partial charge in [0.2, 0.25) is 0 Å². The van der Waals surface area contributed by atoms with E-state index in [0.29, 0.717) is 22.7 Å². The molecule has 1 heterocycles. The third-order valence-electron chi connectivity index (χ3n) is 4.42. The largest absolute Gasteiger partial charge is 0.457 e. The number of hydrogen-bond acceptors (Lipinski definition) is 5. The third kappa shape index (κ3) is 3.85. The number of rotatable bonds is 5. The molecule has 1 N–H and O–H groups in total. The zero-order valence-electron chi connectivity index (χ0n) is 16.0. The number of nitrogens with one attached hydrogen (secondary N) is 1. The van der Waals surface area contributed by atoms with Gasteiger partial charge in [0, 0.05) is 24.9 Å². The fraction of sp³-hybridized carbons (Fsp3) is 0.200. The van der Waals surface area contributed by atoms with Gasteiger partial charge in [-0.2, -0.15) is 5.10 Å². The lowest BCUT2D eigenvalue weighted by atomic mass is 10.1. The molecule has 0 spiro atoms. The predicted molar refractivity (Wildman–Crippen MR) is 105 cm³/mol. The van der Waals surface area contributed by atoms with Gasteiger partial charge in [0.25, 0.3) is 11.6 Å². The van der Waals surface area contributed by atoms with Gasteiger partial charge in [-0.3, -0.25) is 19.6 Å². The van der Waals surface area contributed by atoms with Crippen LogP contribution in [-0.2, 0) is 7.05 Å². The lowest BCUT2D eigenvalue weighted by Gasteiger charge is -2.11. The number of aryl methyl sites for hydroxylation is 3. The molecule has 28 heavy (non-hydrogen) atoms. The second kappa shape index (κ2) is 7.51. The maximum Gasteiger partial charge on any atom is 0.275 e. The van der Waals surface area contributed by atoms with Crippen molar-refractivity contribution >= 4 is 17.3 Å². The van der Waals surface area contributed by atoms with Crippen LogP contribution >= 0.6 is 0 Å². The van der Waals surface area contributed by atoms with Crippen LogP contribution in [0, 0.1) is 30.9 Å². The SMILES string of the molecule is Cc1ccccc1Oc1cc(NC(=O)c2c(C)nn(C)c2C)cc([N+](=O)[O-])c1. The molecule has 3 rings (SSSR count). The average molecular weight is 380 g/mol. The summed E-state index contributed by atoms with van der Waals surface area (Å²) in [5.41, 5.74) is 2.71. The molecule has 0 aliphatic rings. The van der Waals surface area contributed by atoms with Crippen molar-refractivity contribution in [2.24, 2.45) is 7.05 Å². The number of aromatic nitrogens is 2. The number of carbonyl (C=O) groups is 1. The average Bonchev–Trinajstić information content (AvgIpc) is 2.88. The minimum atomic E-state index is -0.527. The molecule has 8 heteroatoms. The van der Waals surface area contributed by atoms with Gasteiger partial charge in [-0.1, -0.05) is 18.2 Å². The van der Waals surface area contributed by atoms with Gasteiger partial charge in [0.1, 0.15) is 11.5 Å². The summed E-state index contributed by atoms with van der Waals surface area (Å²) < 4.78 is 7.42. The number of hydrogen-bond donors (Lipinski definition) is 1. The van der Waals surface area contributed by atoms with Gasteiger partial charge in [-0.25, -0.2) is 0 Å². The van der Waals surface area contributed by atoms with Gasteiger partial charge in [0.05, 0.1) is 27.9 Å². The molecule has 2 aromatic carbocycles. The molecule has 0 saturated heterocycles. The number of non-ortho nitro benzene ring substituents is 1. The van der Waals surface area contributed by atoms with Crippen LogP contribution in [0.15, 0.2) is 42.5 Å². The number of amides is 1. The van der Waals surface area contributed by atoms with Crippen LogP contribution in [-0.4, -0.2) is 20.6 Å². The van der Waals surface area contributed by atoms with E-state index >= 15 is 0 Å². The summed E-state index contributed by atoms with van der Waals surface area (Å²) in [5, 5.41) is 18.3. The van der Waals surface area contributed by atoms with E-state index in [0.717, 1.165) is 5.56 Å². The maximum absolute atomic E-state index is 12.7. The molecule has 0 bridgehead atoms. The Hall–Kier alpha value is -3.68. The molecule has 144 valence electrons. The number of para-hydroxylation sites is 1. The van der Waals surface area contributed by atoms with Crippen molar-refractivity contribution in [1.29, 1.82) is 0 Å². The summed E-state index contributed by atoms with van der Waals surface area (Å²) in [6.07, 6.45) is 0. The van der Waals surface area contributed by atoms with Gasteiger partial charge in [-0.05, 0) is 32.4 Å². The van der Waals surface area contributed by atoms with E-state index in [1.165, 1.54) is 12.1 Å². The summed E-state index contributed by atoms with van der Waals surface area (Å²) in [6, 6.07) is 11.5. The van der Waals surface area contributed by atoms with Crippen molar-refractivity contribution in [3.8, 4) is 11.5 Å². The summed E-state index contributed by atoms with van der Waals surface area (Å²) in [4.78, 5) is 23.5. The first-order valence-corrected chi connectivity index (χ1v) is 8.60. The van der Waals surface area contributed by atoms with Crippen molar-refractivity contribution in [3.63, 3.8) is 0 Å². The van der Waals surface area contributed by atoms with Crippen LogP contribution in [0.4, 0.5) is 11.4 Å². The Morgan fingerprint density at radius 1 is 1.18 bits per heavy atom. The minimum absolute atomic E-state index is 0.180. The van der Waals surface area contributed by atoms with Crippen molar-refractivity contribution in [2.45, 2.75) is 20.8 Å². The Morgan fingerprint density at radius 2 is 1.89 bits per heavy atom. The number of carbonyl (C=O) groups excluding carboxylic acids is 1. The topological polar surface area (TPSA) is 99.3 Å². The highest BCUT2D eigenvalue weighted by Gasteiger charge is 2.19. The Balaban J connectivity index is 1.94. The van der Waals surface area contributed by atoms with E-state index in [4.69, 9.17) is 4.74 Å². The van der Waals surface area contributed by atoms with Crippen LogP contribution in [0.25, 0.3) is 0 Å². The van der Waals surface area contributed by atoms with E-state index in [1.807, 2.05) is 25.1 Å². The van der Waals surface area contributed by atoms with Crippen LogP contribution in [0.1, 0.15) is 27.3 Å². The second-order valence-electron chi connectivity index (χ2n) is 6.46. The predicted octanol–water partition coefficient (Wildman–Crippen LogP) is 4.30. The third-order valence-corrected chi connectivity index (χ3v) is 4.42. The van der Waals surface area contributed by atoms with Crippen LogP contribution in [0.5, 0.6) is 11.5 Å². The van der Waals surface area contributed by atoms with Crippen LogP contribution in [0.3, 0.4) is 0 Å². The lowest BCUT2D eigenvalue weighted by Crippen LogP contribution is -2.14.